The van der Waals surface area contributed by atoms with E-state index >= 15 is 0 Å². The van der Waals surface area contributed by atoms with Crippen LogP contribution in [0.15, 0.2) is 41.4 Å². The molecule has 0 saturated heterocycles. The molecule has 0 radical (unpaired) electrons. The van der Waals surface area contributed by atoms with Gasteiger partial charge in [-0.2, -0.15) is 5.10 Å². The summed E-state index contributed by atoms with van der Waals surface area (Å²) in [7, 11) is -2.05. The first kappa shape index (κ1) is 18.6. The maximum Gasteiger partial charge on any atom is 0.244 e. The molecule has 24 heavy (non-hydrogen) atoms. The molecule has 132 valence electrons. The lowest BCUT2D eigenvalue weighted by molar-refractivity contribution is -0.130. The third-order valence-electron chi connectivity index (χ3n) is 3.28. The topological polar surface area (TPSA) is 82.5 Å². The third kappa shape index (κ3) is 4.64. The molecule has 0 aliphatic carbocycles. The molecule has 8 heteroatoms. The lowest BCUT2D eigenvalue weighted by Crippen LogP contribution is -2.35. The molecule has 1 aromatic heterocycles. The van der Waals surface area contributed by atoms with Crippen LogP contribution in [-0.4, -0.2) is 44.2 Å². The minimum absolute atomic E-state index is 0.0349. The number of hydrogen-bond donors (Lipinski definition) is 1. The van der Waals surface area contributed by atoms with Crippen molar-refractivity contribution in [2.75, 3.05) is 19.8 Å². The molecule has 1 heterocycles. The molecule has 0 bridgehead atoms. The molecule has 2 rings (SSSR count). The van der Waals surface area contributed by atoms with Crippen LogP contribution >= 0.6 is 0 Å². The van der Waals surface area contributed by atoms with E-state index in [-0.39, 0.29) is 11.4 Å². The van der Waals surface area contributed by atoms with Gasteiger partial charge in [0, 0.05) is 32.0 Å². The van der Waals surface area contributed by atoms with Crippen LogP contribution in [0.5, 0.6) is 0 Å². The summed E-state index contributed by atoms with van der Waals surface area (Å²) in [5.74, 6) is 0. The Balaban J connectivity index is 2.23. The molecule has 0 amide bonds. The lowest BCUT2D eigenvalue weighted by atomic mass is 10.2. The second-order valence-electron chi connectivity index (χ2n) is 5.07. The molecule has 1 aromatic carbocycles. The van der Waals surface area contributed by atoms with E-state index in [4.69, 9.17) is 9.47 Å². The fraction of sp³-hybridized carbons (Fsp3) is 0.438. The molecule has 1 N–H and O–H groups in total. The van der Waals surface area contributed by atoms with Crippen LogP contribution in [0.1, 0.15) is 13.8 Å². The van der Waals surface area contributed by atoms with Crippen LogP contribution in [0.3, 0.4) is 0 Å². The number of aryl methyl sites for hydroxylation is 1. The monoisotopic (exact) mass is 353 g/mol. The van der Waals surface area contributed by atoms with Crippen molar-refractivity contribution in [3.8, 4) is 11.3 Å². The van der Waals surface area contributed by atoms with E-state index in [1.165, 1.54) is 10.9 Å². The summed E-state index contributed by atoms with van der Waals surface area (Å²) in [6.45, 7) is 4.57. The predicted octanol–water partition coefficient (Wildman–Crippen LogP) is 1.76. The number of aromatic nitrogens is 2. The largest absolute Gasteiger partial charge is 0.352 e. The van der Waals surface area contributed by atoms with Crippen LogP contribution in [0.25, 0.3) is 11.3 Å². The van der Waals surface area contributed by atoms with E-state index in [2.05, 4.69) is 9.82 Å². The number of nitrogens with zero attached hydrogens (tertiary/aromatic N) is 2. The van der Waals surface area contributed by atoms with Crippen molar-refractivity contribution in [1.82, 2.24) is 14.5 Å². The molecule has 0 saturated carbocycles. The Morgan fingerprint density at radius 3 is 2.38 bits per heavy atom. The molecule has 0 fully saturated rings. The van der Waals surface area contributed by atoms with Gasteiger partial charge in [0.05, 0.1) is 6.54 Å². The highest BCUT2D eigenvalue weighted by Gasteiger charge is 2.24. The fourth-order valence-electron chi connectivity index (χ4n) is 2.25. The number of sulfonamides is 1. The number of nitrogens with one attached hydrogen (secondary N) is 1. The Hall–Kier alpha value is -1.74. The van der Waals surface area contributed by atoms with Gasteiger partial charge in [0.15, 0.2) is 6.29 Å². The number of hydrogen-bond acceptors (Lipinski definition) is 5. The summed E-state index contributed by atoms with van der Waals surface area (Å²) >= 11 is 0. The van der Waals surface area contributed by atoms with E-state index in [1.54, 1.807) is 7.05 Å². The Kier molecular flexibility index (Phi) is 6.50. The molecule has 0 atom stereocenters. The minimum atomic E-state index is -3.74. The molecule has 0 spiro atoms. The maximum absolute atomic E-state index is 12.7. The highest BCUT2D eigenvalue weighted by atomic mass is 32.2. The number of ether oxygens (including phenoxy) is 2. The molecular weight excluding hydrogens is 330 g/mol. The van der Waals surface area contributed by atoms with E-state index < -0.39 is 16.3 Å². The quantitative estimate of drug-likeness (QED) is 0.695. The molecule has 0 aliphatic heterocycles. The van der Waals surface area contributed by atoms with E-state index in [9.17, 15) is 8.42 Å². The van der Waals surface area contributed by atoms with E-state index in [0.29, 0.717) is 18.9 Å². The Morgan fingerprint density at radius 1 is 1.17 bits per heavy atom. The van der Waals surface area contributed by atoms with Crippen molar-refractivity contribution in [2.24, 2.45) is 7.05 Å². The Bertz CT molecular complexity index is 738. The second-order valence-corrected chi connectivity index (χ2v) is 6.81. The molecule has 0 unspecified atom stereocenters. The summed E-state index contributed by atoms with van der Waals surface area (Å²) in [6, 6.07) is 9.20. The molecular formula is C16H23N3O4S. The molecule has 7 nitrogen and oxygen atoms in total. The lowest BCUT2D eigenvalue weighted by Gasteiger charge is -2.17. The maximum atomic E-state index is 12.7. The van der Waals surface area contributed by atoms with Crippen LogP contribution in [0.4, 0.5) is 0 Å². The predicted molar refractivity (Wildman–Crippen MR) is 90.9 cm³/mol. The third-order valence-corrected chi connectivity index (χ3v) is 4.70. The standard InChI is InChI=1S/C16H23N3O4S/c1-4-22-15(23-5-2)11-17-24(20,21)14-12-19(3)18-16(14)13-9-7-6-8-10-13/h6-10,12,15,17H,4-5,11H2,1-3H3. The first-order chi connectivity index (χ1) is 11.5. The van der Waals surface area contributed by atoms with Gasteiger partial charge in [-0.15, -0.1) is 0 Å². The molecule has 2 aromatic rings. The van der Waals surface area contributed by atoms with Crippen LogP contribution < -0.4 is 4.72 Å². The SMILES string of the molecule is CCOC(CNS(=O)(=O)c1cn(C)nc1-c1ccccc1)OCC. The van der Waals surface area contributed by atoms with Crippen LogP contribution in [0, 0.1) is 0 Å². The van der Waals surface area contributed by atoms with Crippen molar-refractivity contribution in [3.05, 3.63) is 36.5 Å². The summed E-state index contributed by atoms with van der Waals surface area (Å²) < 4.78 is 40.1. The zero-order chi connectivity index (χ0) is 17.6. The van der Waals surface area contributed by atoms with Gasteiger partial charge >= 0.3 is 0 Å². The first-order valence-electron chi connectivity index (χ1n) is 7.79. The zero-order valence-electron chi connectivity index (χ0n) is 14.1. The van der Waals surface area contributed by atoms with Gasteiger partial charge in [-0.1, -0.05) is 30.3 Å². The number of rotatable bonds is 9. The summed E-state index contributed by atoms with van der Waals surface area (Å²) in [6.07, 6.45) is 0.868. The van der Waals surface area contributed by atoms with Crippen LogP contribution in [0.2, 0.25) is 0 Å². The van der Waals surface area contributed by atoms with Gasteiger partial charge in [-0.25, -0.2) is 13.1 Å². The Morgan fingerprint density at radius 2 is 1.79 bits per heavy atom. The Labute approximate surface area is 142 Å². The van der Waals surface area contributed by atoms with Gasteiger partial charge in [0.2, 0.25) is 10.0 Å². The van der Waals surface area contributed by atoms with Crippen LogP contribution in [-0.2, 0) is 26.5 Å². The number of benzene rings is 1. The molecule has 0 aliphatic rings. The average Bonchev–Trinajstić information content (AvgIpc) is 2.97. The summed E-state index contributed by atoms with van der Waals surface area (Å²) in [5.41, 5.74) is 1.15. The zero-order valence-corrected chi connectivity index (χ0v) is 14.9. The van der Waals surface area contributed by atoms with Crippen molar-refractivity contribution >= 4 is 10.0 Å². The van der Waals surface area contributed by atoms with Crippen molar-refractivity contribution in [2.45, 2.75) is 25.0 Å². The van der Waals surface area contributed by atoms with Crippen molar-refractivity contribution in [3.63, 3.8) is 0 Å². The van der Waals surface area contributed by atoms with Crippen molar-refractivity contribution < 1.29 is 17.9 Å². The fourth-order valence-corrected chi connectivity index (χ4v) is 3.47. The second kappa shape index (κ2) is 8.39. The van der Waals surface area contributed by atoms with Gasteiger partial charge in [-0.3, -0.25) is 4.68 Å². The smallest absolute Gasteiger partial charge is 0.244 e. The average molecular weight is 353 g/mol. The highest BCUT2D eigenvalue weighted by molar-refractivity contribution is 7.89. The first-order valence-corrected chi connectivity index (χ1v) is 9.28. The van der Waals surface area contributed by atoms with Gasteiger partial charge < -0.3 is 9.47 Å². The van der Waals surface area contributed by atoms with Gasteiger partial charge in [-0.05, 0) is 13.8 Å². The summed E-state index contributed by atoms with van der Waals surface area (Å²) in [4.78, 5) is 0.128. The highest BCUT2D eigenvalue weighted by Crippen LogP contribution is 2.25. The van der Waals surface area contributed by atoms with Gasteiger partial charge in [0.1, 0.15) is 10.6 Å². The normalized spacial score (nSPS) is 12.0. The van der Waals surface area contributed by atoms with Crippen molar-refractivity contribution in [1.29, 1.82) is 0 Å². The summed E-state index contributed by atoms with van der Waals surface area (Å²) in [5, 5.41) is 4.28. The van der Waals surface area contributed by atoms with E-state index in [0.717, 1.165) is 5.56 Å². The minimum Gasteiger partial charge on any atom is -0.352 e. The van der Waals surface area contributed by atoms with E-state index in [1.807, 2.05) is 44.2 Å². The van der Waals surface area contributed by atoms with Gasteiger partial charge in [0.25, 0.3) is 0 Å².